The average Bonchev–Trinajstić information content (AvgIpc) is 2.66. The zero-order valence-electron chi connectivity index (χ0n) is 12.7. The summed E-state index contributed by atoms with van der Waals surface area (Å²) in [6.07, 6.45) is 8.25. The maximum atomic E-state index is 3.82. The zero-order chi connectivity index (χ0) is 13.0. The van der Waals surface area contributed by atoms with Crippen LogP contribution >= 0.6 is 0 Å². The summed E-state index contributed by atoms with van der Waals surface area (Å²) in [4.78, 5) is 2.76. The quantitative estimate of drug-likeness (QED) is 0.826. The molecular weight excluding hydrogens is 220 g/mol. The second-order valence-corrected chi connectivity index (χ2v) is 6.79. The molecule has 2 fully saturated rings. The van der Waals surface area contributed by atoms with E-state index in [4.69, 9.17) is 0 Å². The lowest BCUT2D eigenvalue weighted by molar-refractivity contribution is 0.174. The maximum Gasteiger partial charge on any atom is 0.0303 e. The van der Waals surface area contributed by atoms with E-state index in [1.54, 1.807) is 0 Å². The number of rotatable bonds is 4. The molecule has 1 saturated heterocycles. The normalized spacial score (nSPS) is 33.5. The van der Waals surface area contributed by atoms with Gasteiger partial charge in [-0.2, -0.15) is 0 Å². The van der Waals surface area contributed by atoms with Crippen LogP contribution in [0.2, 0.25) is 0 Å². The standard InChI is InChI=1S/C16H32N2/c1-4-16(5-2)13-18(10-6-9-17-16)12-15-8-7-14(3)11-15/h14-15,17H,4-13H2,1-3H3. The highest BCUT2D eigenvalue weighted by Gasteiger charge is 2.32. The van der Waals surface area contributed by atoms with Gasteiger partial charge in [-0.25, -0.2) is 0 Å². The van der Waals surface area contributed by atoms with Crippen molar-refractivity contribution in [2.24, 2.45) is 11.8 Å². The molecule has 0 bridgehead atoms. The molecule has 0 radical (unpaired) electrons. The largest absolute Gasteiger partial charge is 0.310 e. The van der Waals surface area contributed by atoms with Crippen LogP contribution in [0.1, 0.15) is 59.3 Å². The molecular formula is C16H32N2. The van der Waals surface area contributed by atoms with Gasteiger partial charge in [-0.1, -0.05) is 27.2 Å². The third-order valence-electron chi connectivity index (χ3n) is 5.35. The molecule has 2 atom stereocenters. The lowest BCUT2D eigenvalue weighted by atomic mass is 9.92. The van der Waals surface area contributed by atoms with Crippen LogP contribution in [0.15, 0.2) is 0 Å². The third-order valence-corrected chi connectivity index (χ3v) is 5.35. The van der Waals surface area contributed by atoms with Gasteiger partial charge in [0, 0.05) is 18.6 Å². The number of nitrogens with one attached hydrogen (secondary N) is 1. The topological polar surface area (TPSA) is 15.3 Å². The van der Waals surface area contributed by atoms with Gasteiger partial charge in [0.2, 0.25) is 0 Å². The molecule has 2 rings (SSSR count). The van der Waals surface area contributed by atoms with E-state index in [1.165, 1.54) is 64.7 Å². The first kappa shape index (κ1) is 14.3. The highest BCUT2D eigenvalue weighted by Crippen LogP contribution is 2.31. The Labute approximate surface area is 114 Å². The van der Waals surface area contributed by atoms with Crippen LogP contribution in [0.4, 0.5) is 0 Å². The lowest BCUT2D eigenvalue weighted by Gasteiger charge is -2.36. The summed E-state index contributed by atoms with van der Waals surface area (Å²) in [5.74, 6) is 1.95. The van der Waals surface area contributed by atoms with Crippen molar-refractivity contribution >= 4 is 0 Å². The Kier molecular flexibility index (Phi) is 5.08. The van der Waals surface area contributed by atoms with Crippen LogP contribution in [0, 0.1) is 11.8 Å². The highest BCUT2D eigenvalue weighted by atomic mass is 15.2. The first-order chi connectivity index (χ1) is 8.67. The summed E-state index contributed by atoms with van der Waals surface area (Å²) >= 11 is 0. The van der Waals surface area contributed by atoms with Crippen molar-refractivity contribution in [2.45, 2.75) is 64.8 Å². The van der Waals surface area contributed by atoms with Gasteiger partial charge in [0.15, 0.2) is 0 Å². The van der Waals surface area contributed by atoms with Crippen molar-refractivity contribution < 1.29 is 0 Å². The first-order valence-electron chi connectivity index (χ1n) is 8.15. The average molecular weight is 252 g/mol. The Morgan fingerprint density at radius 1 is 1.22 bits per heavy atom. The first-order valence-corrected chi connectivity index (χ1v) is 8.15. The summed E-state index contributed by atoms with van der Waals surface area (Å²) in [6, 6.07) is 0. The molecule has 0 spiro atoms. The van der Waals surface area contributed by atoms with E-state index in [9.17, 15) is 0 Å². The summed E-state index contributed by atoms with van der Waals surface area (Å²) in [7, 11) is 0. The second kappa shape index (κ2) is 6.38. The van der Waals surface area contributed by atoms with Gasteiger partial charge >= 0.3 is 0 Å². The van der Waals surface area contributed by atoms with Gasteiger partial charge in [0.25, 0.3) is 0 Å². The molecule has 0 amide bonds. The number of hydrogen-bond acceptors (Lipinski definition) is 2. The van der Waals surface area contributed by atoms with E-state index < -0.39 is 0 Å². The van der Waals surface area contributed by atoms with Gasteiger partial charge in [-0.3, -0.25) is 0 Å². The minimum absolute atomic E-state index is 0.390. The predicted molar refractivity (Wildman–Crippen MR) is 78.9 cm³/mol. The third kappa shape index (κ3) is 3.48. The molecule has 1 aliphatic carbocycles. The number of hydrogen-bond donors (Lipinski definition) is 1. The fourth-order valence-electron chi connectivity index (χ4n) is 3.95. The molecule has 2 unspecified atom stereocenters. The minimum atomic E-state index is 0.390. The Balaban J connectivity index is 1.90. The zero-order valence-corrected chi connectivity index (χ0v) is 12.7. The smallest absolute Gasteiger partial charge is 0.0303 e. The minimum Gasteiger partial charge on any atom is -0.310 e. The van der Waals surface area contributed by atoms with Crippen LogP contribution in [-0.2, 0) is 0 Å². The van der Waals surface area contributed by atoms with Gasteiger partial charge in [0.1, 0.15) is 0 Å². The SMILES string of the molecule is CCC1(CC)CN(CC2CCC(C)C2)CCCN1. The van der Waals surface area contributed by atoms with Crippen LogP contribution in [0.5, 0.6) is 0 Å². The van der Waals surface area contributed by atoms with Crippen molar-refractivity contribution in [2.75, 3.05) is 26.2 Å². The van der Waals surface area contributed by atoms with E-state index in [0.717, 1.165) is 11.8 Å². The van der Waals surface area contributed by atoms with Crippen LogP contribution in [0.3, 0.4) is 0 Å². The van der Waals surface area contributed by atoms with Gasteiger partial charge in [0.05, 0.1) is 0 Å². The predicted octanol–water partition coefficient (Wildman–Crippen LogP) is 3.28. The maximum absolute atomic E-state index is 3.82. The summed E-state index contributed by atoms with van der Waals surface area (Å²) in [5.41, 5.74) is 0.390. The van der Waals surface area contributed by atoms with Crippen molar-refractivity contribution in [1.82, 2.24) is 10.2 Å². The molecule has 0 aromatic rings. The van der Waals surface area contributed by atoms with E-state index in [2.05, 4.69) is 31.0 Å². The van der Waals surface area contributed by atoms with E-state index in [0.29, 0.717) is 5.54 Å². The molecule has 2 aliphatic rings. The second-order valence-electron chi connectivity index (χ2n) is 6.79. The molecule has 2 heteroatoms. The molecule has 2 nitrogen and oxygen atoms in total. The Hall–Kier alpha value is -0.0800. The van der Waals surface area contributed by atoms with E-state index in [-0.39, 0.29) is 0 Å². The molecule has 1 saturated carbocycles. The molecule has 18 heavy (non-hydrogen) atoms. The highest BCUT2D eigenvalue weighted by molar-refractivity contribution is 4.92. The van der Waals surface area contributed by atoms with Crippen molar-refractivity contribution in [3.8, 4) is 0 Å². The van der Waals surface area contributed by atoms with Crippen LogP contribution < -0.4 is 5.32 Å². The molecule has 1 aliphatic heterocycles. The molecule has 106 valence electrons. The Bertz CT molecular complexity index is 247. The Morgan fingerprint density at radius 2 is 2.00 bits per heavy atom. The molecule has 1 heterocycles. The summed E-state index contributed by atoms with van der Waals surface area (Å²) < 4.78 is 0. The molecule has 1 N–H and O–H groups in total. The fraction of sp³-hybridized carbons (Fsp3) is 1.00. The fourth-order valence-corrected chi connectivity index (χ4v) is 3.95. The molecule has 0 aromatic carbocycles. The molecule has 0 aromatic heterocycles. The van der Waals surface area contributed by atoms with E-state index >= 15 is 0 Å². The van der Waals surface area contributed by atoms with Crippen LogP contribution in [-0.4, -0.2) is 36.6 Å². The van der Waals surface area contributed by atoms with Crippen LogP contribution in [0.25, 0.3) is 0 Å². The van der Waals surface area contributed by atoms with Gasteiger partial charge in [-0.15, -0.1) is 0 Å². The lowest BCUT2D eigenvalue weighted by Crippen LogP contribution is -2.51. The van der Waals surface area contributed by atoms with Gasteiger partial charge < -0.3 is 10.2 Å². The number of nitrogens with zero attached hydrogens (tertiary/aromatic N) is 1. The van der Waals surface area contributed by atoms with Crippen molar-refractivity contribution in [1.29, 1.82) is 0 Å². The van der Waals surface area contributed by atoms with Crippen molar-refractivity contribution in [3.05, 3.63) is 0 Å². The van der Waals surface area contributed by atoms with E-state index in [1.807, 2.05) is 0 Å². The van der Waals surface area contributed by atoms with Crippen molar-refractivity contribution in [3.63, 3.8) is 0 Å². The summed E-state index contributed by atoms with van der Waals surface area (Å²) in [5, 5.41) is 3.82. The Morgan fingerprint density at radius 3 is 2.61 bits per heavy atom. The van der Waals surface area contributed by atoms with Gasteiger partial charge in [-0.05, 0) is 57.0 Å². The monoisotopic (exact) mass is 252 g/mol. The summed E-state index contributed by atoms with van der Waals surface area (Å²) in [6.45, 7) is 12.2.